The molecule has 3 rings (SSSR count). The first-order chi connectivity index (χ1) is 8.75. The van der Waals surface area contributed by atoms with Gasteiger partial charge < -0.3 is 14.6 Å². The van der Waals surface area contributed by atoms with E-state index in [0.717, 1.165) is 36.4 Å². The van der Waals surface area contributed by atoms with E-state index in [1.54, 1.807) is 0 Å². The smallest absolute Gasteiger partial charge is 0.320 e. The van der Waals surface area contributed by atoms with Crippen LogP contribution in [0.15, 0.2) is 18.2 Å². The zero-order chi connectivity index (χ0) is 12.5. The molecule has 2 aliphatic rings. The van der Waals surface area contributed by atoms with Crippen molar-refractivity contribution in [2.24, 2.45) is 0 Å². The highest BCUT2D eigenvalue weighted by Gasteiger charge is 2.31. The summed E-state index contributed by atoms with van der Waals surface area (Å²) in [5.41, 5.74) is 0.998. The molecule has 2 heterocycles. The van der Waals surface area contributed by atoms with E-state index in [1.807, 2.05) is 23.1 Å². The molecular weight excluding hydrogens is 234 g/mol. The Balaban J connectivity index is 1.81. The quantitative estimate of drug-likeness (QED) is 0.879. The molecule has 0 bridgehead atoms. The van der Waals surface area contributed by atoms with Crippen molar-refractivity contribution in [3.05, 3.63) is 23.8 Å². The van der Waals surface area contributed by atoms with E-state index in [9.17, 15) is 4.79 Å². The summed E-state index contributed by atoms with van der Waals surface area (Å²) in [4.78, 5) is 13.1. The molecule has 5 nitrogen and oxygen atoms in total. The van der Waals surface area contributed by atoms with E-state index in [4.69, 9.17) is 14.6 Å². The van der Waals surface area contributed by atoms with Crippen molar-refractivity contribution in [2.45, 2.75) is 25.4 Å². The molecule has 1 aromatic carbocycles. The molecule has 1 atom stereocenters. The standard InChI is InChI=1S/C13H15NO4/c15-13(16)10-4-2-6-14(10)7-9-3-1-5-11-12(9)18-8-17-11/h1,3,5,10H,2,4,6-8H2,(H,15,16)/t10-/m1/s1. The highest BCUT2D eigenvalue weighted by atomic mass is 16.7. The van der Waals surface area contributed by atoms with Crippen LogP contribution < -0.4 is 9.47 Å². The van der Waals surface area contributed by atoms with Gasteiger partial charge in [-0.2, -0.15) is 0 Å². The normalized spacial score (nSPS) is 22.3. The molecule has 0 amide bonds. The van der Waals surface area contributed by atoms with Gasteiger partial charge in [0, 0.05) is 12.1 Å². The summed E-state index contributed by atoms with van der Waals surface area (Å²) in [5.74, 6) is 0.768. The predicted octanol–water partition coefficient (Wildman–Crippen LogP) is 1.46. The van der Waals surface area contributed by atoms with E-state index < -0.39 is 5.97 Å². The lowest BCUT2D eigenvalue weighted by Crippen LogP contribution is -2.35. The third kappa shape index (κ3) is 1.90. The molecule has 1 aromatic rings. The summed E-state index contributed by atoms with van der Waals surface area (Å²) in [6, 6.07) is 5.37. The number of hydrogen-bond donors (Lipinski definition) is 1. The maximum absolute atomic E-state index is 11.1. The second-order valence-electron chi connectivity index (χ2n) is 4.62. The van der Waals surface area contributed by atoms with Crippen LogP contribution in [0.3, 0.4) is 0 Å². The topological polar surface area (TPSA) is 59.0 Å². The van der Waals surface area contributed by atoms with Crippen LogP contribution in [-0.2, 0) is 11.3 Å². The minimum absolute atomic E-state index is 0.245. The Kier molecular flexibility index (Phi) is 2.83. The van der Waals surface area contributed by atoms with Gasteiger partial charge in [0.15, 0.2) is 11.5 Å². The number of fused-ring (bicyclic) bond motifs is 1. The zero-order valence-electron chi connectivity index (χ0n) is 9.96. The Morgan fingerprint density at radius 1 is 1.44 bits per heavy atom. The maximum atomic E-state index is 11.1. The van der Waals surface area contributed by atoms with Crippen molar-refractivity contribution in [1.29, 1.82) is 0 Å². The van der Waals surface area contributed by atoms with E-state index in [1.165, 1.54) is 0 Å². The molecule has 1 saturated heterocycles. The Hall–Kier alpha value is -1.75. The Labute approximate surface area is 105 Å². The van der Waals surface area contributed by atoms with Crippen LogP contribution >= 0.6 is 0 Å². The number of ether oxygens (including phenoxy) is 2. The molecule has 0 radical (unpaired) electrons. The Bertz CT molecular complexity index is 474. The zero-order valence-corrected chi connectivity index (χ0v) is 9.96. The predicted molar refractivity (Wildman–Crippen MR) is 63.6 cm³/mol. The van der Waals surface area contributed by atoms with Crippen LogP contribution in [0.1, 0.15) is 18.4 Å². The highest BCUT2D eigenvalue weighted by molar-refractivity contribution is 5.73. The number of carboxylic acids is 1. The van der Waals surface area contributed by atoms with Crippen LogP contribution in [0.2, 0.25) is 0 Å². The first kappa shape index (κ1) is 11.3. The summed E-state index contributed by atoms with van der Waals surface area (Å²) >= 11 is 0. The molecule has 18 heavy (non-hydrogen) atoms. The summed E-state index contributed by atoms with van der Waals surface area (Å²) < 4.78 is 10.8. The molecule has 0 saturated carbocycles. The average Bonchev–Trinajstić information content (AvgIpc) is 2.96. The minimum Gasteiger partial charge on any atom is -0.480 e. The van der Waals surface area contributed by atoms with Gasteiger partial charge in [0.1, 0.15) is 6.04 Å². The van der Waals surface area contributed by atoms with Crippen LogP contribution in [0.25, 0.3) is 0 Å². The number of likely N-dealkylation sites (tertiary alicyclic amines) is 1. The molecule has 96 valence electrons. The van der Waals surface area contributed by atoms with Gasteiger partial charge in [0.2, 0.25) is 6.79 Å². The van der Waals surface area contributed by atoms with Crippen molar-refractivity contribution in [3.63, 3.8) is 0 Å². The van der Waals surface area contributed by atoms with E-state index in [2.05, 4.69) is 0 Å². The van der Waals surface area contributed by atoms with E-state index in [0.29, 0.717) is 6.54 Å². The number of carbonyl (C=O) groups is 1. The fourth-order valence-electron chi connectivity index (χ4n) is 2.63. The molecular formula is C13H15NO4. The number of benzene rings is 1. The SMILES string of the molecule is O=C(O)[C@H]1CCCN1Cc1cccc2c1OCO2. The first-order valence-corrected chi connectivity index (χ1v) is 6.10. The van der Waals surface area contributed by atoms with Gasteiger partial charge in [-0.25, -0.2) is 0 Å². The molecule has 0 spiro atoms. The maximum Gasteiger partial charge on any atom is 0.320 e. The molecule has 0 aliphatic carbocycles. The molecule has 0 aromatic heterocycles. The van der Waals surface area contributed by atoms with Crippen molar-refractivity contribution in [3.8, 4) is 11.5 Å². The van der Waals surface area contributed by atoms with Gasteiger partial charge in [0.25, 0.3) is 0 Å². The average molecular weight is 249 g/mol. The lowest BCUT2D eigenvalue weighted by molar-refractivity contribution is -0.142. The summed E-state index contributed by atoms with van der Waals surface area (Å²) in [5, 5.41) is 9.16. The Morgan fingerprint density at radius 3 is 3.17 bits per heavy atom. The summed E-state index contributed by atoms with van der Waals surface area (Å²) in [6.07, 6.45) is 1.66. The highest BCUT2D eigenvalue weighted by Crippen LogP contribution is 2.36. The van der Waals surface area contributed by atoms with Crippen molar-refractivity contribution >= 4 is 5.97 Å². The van der Waals surface area contributed by atoms with Gasteiger partial charge in [-0.3, -0.25) is 9.69 Å². The van der Waals surface area contributed by atoms with E-state index >= 15 is 0 Å². The third-order valence-electron chi connectivity index (χ3n) is 3.50. The minimum atomic E-state index is -0.739. The number of nitrogens with zero attached hydrogens (tertiary/aromatic N) is 1. The second-order valence-corrected chi connectivity index (χ2v) is 4.62. The van der Waals surface area contributed by atoms with Gasteiger partial charge in [-0.1, -0.05) is 12.1 Å². The first-order valence-electron chi connectivity index (χ1n) is 6.10. The fraction of sp³-hybridized carbons (Fsp3) is 0.462. The van der Waals surface area contributed by atoms with Gasteiger partial charge in [-0.15, -0.1) is 0 Å². The second kappa shape index (κ2) is 4.49. The Morgan fingerprint density at radius 2 is 2.33 bits per heavy atom. The fourth-order valence-corrected chi connectivity index (χ4v) is 2.63. The number of rotatable bonds is 3. The number of carboxylic acid groups (broad SMARTS) is 1. The third-order valence-corrected chi connectivity index (χ3v) is 3.50. The molecule has 2 aliphatic heterocycles. The van der Waals surface area contributed by atoms with Gasteiger partial charge in [-0.05, 0) is 25.5 Å². The van der Waals surface area contributed by atoms with Gasteiger partial charge in [0.05, 0.1) is 0 Å². The summed E-state index contributed by atoms with van der Waals surface area (Å²) in [7, 11) is 0. The largest absolute Gasteiger partial charge is 0.480 e. The lowest BCUT2D eigenvalue weighted by Gasteiger charge is -2.21. The van der Waals surface area contributed by atoms with Crippen molar-refractivity contribution < 1.29 is 19.4 Å². The van der Waals surface area contributed by atoms with Crippen molar-refractivity contribution in [2.75, 3.05) is 13.3 Å². The lowest BCUT2D eigenvalue weighted by atomic mass is 10.1. The molecule has 1 fully saturated rings. The molecule has 0 unspecified atom stereocenters. The van der Waals surface area contributed by atoms with Crippen LogP contribution in [0.5, 0.6) is 11.5 Å². The monoisotopic (exact) mass is 249 g/mol. The van der Waals surface area contributed by atoms with Crippen LogP contribution in [-0.4, -0.2) is 35.4 Å². The molecule has 1 N–H and O–H groups in total. The number of hydrogen-bond acceptors (Lipinski definition) is 4. The van der Waals surface area contributed by atoms with Gasteiger partial charge >= 0.3 is 5.97 Å². The van der Waals surface area contributed by atoms with E-state index in [-0.39, 0.29) is 12.8 Å². The summed E-state index contributed by atoms with van der Waals surface area (Å²) in [6.45, 7) is 1.67. The van der Waals surface area contributed by atoms with Crippen LogP contribution in [0, 0.1) is 0 Å². The number of para-hydroxylation sites is 1. The molecule has 5 heteroatoms. The van der Waals surface area contributed by atoms with Crippen LogP contribution in [0.4, 0.5) is 0 Å². The number of aliphatic carboxylic acids is 1. The van der Waals surface area contributed by atoms with Crippen molar-refractivity contribution in [1.82, 2.24) is 4.90 Å².